The molecule has 0 spiro atoms. The minimum Gasteiger partial charge on any atom is -0.473 e. The number of halogens is 1. The van der Waals surface area contributed by atoms with Crippen molar-refractivity contribution in [2.45, 2.75) is 33.8 Å². The zero-order valence-electron chi connectivity index (χ0n) is 9.41. The van der Waals surface area contributed by atoms with Crippen molar-refractivity contribution < 1.29 is 4.74 Å². The summed E-state index contributed by atoms with van der Waals surface area (Å²) in [4.78, 5) is 7.90. The lowest BCUT2D eigenvalue weighted by molar-refractivity contribution is 0.164. The van der Waals surface area contributed by atoms with Gasteiger partial charge in [0.25, 0.3) is 0 Å². The van der Waals surface area contributed by atoms with Gasteiger partial charge in [0.15, 0.2) is 0 Å². The van der Waals surface area contributed by atoms with Crippen LogP contribution in [-0.2, 0) is 0 Å². The third kappa shape index (κ3) is 2.96. The lowest BCUT2D eigenvalue weighted by atomic mass is 10.1. The Morgan fingerprint density at radius 3 is 2.40 bits per heavy atom. The van der Waals surface area contributed by atoms with Crippen LogP contribution in [0.4, 0.5) is 5.69 Å². The van der Waals surface area contributed by atoms with Gasteiger partial charge in [-0.1, -0.05) is 13.8 Å². The van der Waals surface area contributed by atoms with Crippen molar-refractivity contribution in [2.75, 3.05) is 5.73 Å². The first-order valence-electron chi connectivity index (χ1n) is 4.88. The molecule has 15 heavy (non-hydrogen) atoms. The Bertz CT molecular complexity index is 355. The van der Waals surface area contributed by atoms with Crippen LogP contribution < -0.4 is 10.5 Å². The molecule has 4 nitrogen and oxygen atoms in total. The van der Waals surface area contributed by atoms with Gasteiger partial charge in [0, 0.05) is 0 Å². The predicted octanol–water partition coefficient (Wildman–Crippen LogP) is 2.44. The van der Waals surface area contributed by atoms with E-state index in [2.05, 4.69) is 23.8 Å². The number of ether oxygens (including phenoxy) is 1. The van der Waals surface area contributed by atoms with E-state index in [1.165, 1.54) is 0 Å². The number of nitrogens with two attached hydrogens (primary N) is 1. The SMILES string of the molecule is Cc1nc(Cl)nc(OC(C)C(C)C)c1N. The maximum absolute atomic E-state index is 5.79. The van der Waals surface area contributed by atoms with Gasteiger partial charge in [0.2, 0.25) is 11.2 Å². The highest BCUT2D eigenvalue weighted by molar-refractivity contribution is 6.28. The molecule has 2 N–H and O–H groups in total. The molecule has 0 saturated carbocycles. The van der Waals surface area contributed by atoms with Gasteiger partial charge in [0.1, 0.15) is 11.8 Å². The van der Waals surface area contributed by atoms with Crippen LogP contribution >= 0.6 is 11.6 Å². The van der Waals surface area contributed by atoms with E-state index in [1.54, 1.807) is 6.92 Å². The molecule has 5 heteroatoms. The maximum atomic E-state index is 5.79. The van der Waals surface area contributed by atoms with E-state index in [9.17, 15) is 0 Å². The average Bonchev–Trinajstić information content (AvgIpc) is 2.13. The summed E-state index contributed by atoms with van der Waals surface area (Å²) in [5.41, 5.74) is 6.88. The first kappa shape index (κ1) is 12.0. The number of anilines is 1. The molecule has 1 unspecified atom stereocenters. The van der Waals surface area contributed by atoms with E-state index in [1.807, 2.05) is 6.92 Å². The normalized spacial score (nSPS) is 12.9. The second-order valence-corrected chi connectivity index (χ2v) is 4.20. The molecule has 0 fully saturated rings. The van der Waals surface area contributed by atoms with Crippen LogP contribution in [0.1, 0.15) is 26.5 Å². The van der Waals surface area contributed by atoms with Crippen LogP contribution in [0.5, 0.6) is 5.88 Å². The second-order valence-electron chi connectivity index (χ2n) is 3.86. The Balaban J connectivity index is 2.94. The van der Waals surface area contributed by atoms with E-state index in [0.29, 0.717) is 23.2 Å². The second kappa shape index (κ2) is 4.66. The van der Waals surface area contributed by atoms with Gasteiger partial charge in [-0.05, 0) is 31.4 Å². The summed E-state index contributed by atoms with van der Waals surface area (Å²) in [6.07, 6.45) is 0.0395. The summed E-state index contributed by atoms with van der Waals surface area (Å²) in [5.74, 6) is 0.757. The van der Waals surface area contributed by atoms with Gasteiger partial charge in [-0.3, -0.25) is 0 Å². The third-order valence-electron chi connectivity index (χ3n) is 2.31. The van der Waals surface area contributed by atoms with Crippen LogP contribution in [0.25, 0.3) is 0 Å². The largest absolute Gasteiger partial charge is 0.473 e. The number of nitrogen functional groups attached to an aromatic ring is 1. The molecule has 84 valence electrons. The van der Waals surface area contributed by atoms with Gasteiger partial charge < -0.3 is 10.5 Å². The summed E-state index contributed by atoms with van der Waals surface area (Å²) in [5, 5.41) is 0.160. The summed E-state index contributed by atoms with van der Waals surface area (Å²) in [7, 11) is 0. The molecule has 0 aliphatic carbocycles. The molecule has 0 aliphatic heterocycles. The number of hydrogen-bond acceptors (Lipinski definition) is 4. The van der Waals surface area contributed by atoms with E-state index >= 15 is 0 Å². The molecule has 1 heterocycles. The van der Waals surface area contributed by atoms with Crippen molar-refractivity contribution in [2.24, 2.45) is 5.92 Å². The Labute approximate surface area is 94.8 Å². The van der Waals surface area contributed by atoms with Crippen LogP contribution in [0.2, 0.25) is 5.28 Å². The minimum atomic E-state index is 0.0395. The van der Waals surface area contributed by atoms with Crippen molar-refractivity contribution in [3.63, 3.8) is 0 Å². The molecule has 0 radical (unpaired) electrons. The van der Waals surface area contributed by atoms with Crippen molar-refractivity contribution in [3.8, 4) is 5.88 Å². The molecule has 0 aliphatic rings. The number of hydrogen-bond donors (Lipinski definition) is 1. The molecule has 1 aromatic rings. The Hall–Kier alpha value is -1.03. The first-order valence-corrected chi connectivity index (χ1v) is 5.26. The molecule has 0 bridgehead atoms. The van der Waals surface area contributed by atoms with Crippen molar-refractivity contribution >= 4 is 17.3 Å². The van der Waals surface area contributed by atoms with Gasteiger partial charge in [-0.25, -0.2) is 4.98 Å². The van der Waals surface area contributed by atoms with Crippen molar-refractivity contribution in [1.82, 2.24) is 9.97 Å². The zero-order chi connectivity index (χ0) is 11.6. The lowest BCUT2D eigenvalue weighted by Gasteiger charge is -2.18. The highest BCUT2D eigenvalue weighted by atomic mass is 35.5. The molecule has 0 aromatic carbocycles. The highest BCUT2D eigenvalue weighted by Crippen LogP contribution is 2.24. The van der Waals surface area contributed by atoms with Crippen molar-refractivity contribution in [1.29, 1.82) is 0 Å². The summed E-state index contributed by atoms with van der Waals surface area (Å²) < 4.78 is 5.61. The Morgan fingerprint density at radius 1 is 1.27 bits per heavy atom. The van der Waals surface area contributed by atoms with E-state index in [0.717, 1.165) is 0 Å². The highest BCUT2D eigenvalue weighted by Gasteiger charge is 2.14. The molecule has 0 saturated heterocycles. The van der Waals surface area contributed by atoms with Crippen LogP contribution in [0.15, 0.2) is 0 Å². The standard InChI is InChI=1S/C10H16ClN3O/c1-5(2)7(4)15-9-8(12)6(3)13-10(11)14-9/h5,7H,12H2,1-4H3. The molecule has 1 rings (SSSR count). The minimum absolute atomic E-state index is 0.0395. The molecule has 1 atom stereocenters. The maximum Gasteiger partial charge on any atom is 0.242 e. The summed E-state index contributed by atoms with van der Waals surface area (Å²) >= 11 is 5.73. The number of rotatable bonds is 3. The van der Waals surface area contributed by atoms with Gasteiger partial charge in [-0.2, -0.15) is 4.98 Å². The number of aromatic nitrogens is 2. The average molecular weight is 230 g/mol. The predicted molar refractivity (Wildman–Crippen MR) is 61.1 cm³/mol. The molecule has 1 aromatic heterocycles. The fourth-order valence-corrected chi connectivity index (χ4v) is 1.13. The van der Waals surface area contributed by atoms with Crippen LogP contribution in [0.3, 0.4) is 0 Å². The summed E-state index contributed by atoms with van der Waals surface area (Å²) in [6.45, 7) is 7.87. The first-order chi connectivity index (χ1) is 6.91. The summed E-state index contributed by atoms with van der Waals surface area (Å²) in [6, 6.07) is 0. The topological polar surface area (TPSA) is 61.0 Å². The molecular weight excluding hydrogens is 214 g/mol. The Kier molecular flexibility index (Phi) is 3.74. The smallest absolute Gasteiger partial charge is 0.242 e. The lowest BCUT2D eigenvalue weighted by Crippen LogP contribution is -2.20. The van der Waals surface area contributed by atoms with Crippen LogP contribution in [0, 0.1) is 12.8 Å². The van der Waals surface area contributed by atoms with Gasteiger partial charge in [0.05, 0.1) is 5.69 Å². The quantitative estimate of drug-likeness (QED) is 0.809. The fraction of sp³-hybridized carbons (Fsp3) is 0.600. The fourth-order valence-electron chi connectivity index (χ4n) is 0.924. The number of nitrogens with zero attached hydrogens (tertiary/aromatic N) is 2. The van der Waals surface area contributed by atoms with Gasteiger partial charge in [-0.15, -0.1) is 0 Å². The third-order valence-corrected chi connectivity index (χ3v) is 2.48. The van der Waals surface area contributed by atoms with Gasteiger partial charge >= 0.3 is 0 Å². The Morgan fingerprint density at radius 2 is 1.87 bits per heavy atom. The number of aryl methyl sites for hydroxylation is 1. The van der Waals surface area contributed by atoms with E-state index in [-0.39, 0.29) is 11.4 Å². The van der Waals surface area contributed by atoms with E-state index in [4.69, 9.17) is 22.1 Å². The molecular formula is C10H16ClN3O. The molecule has 0 amide bonds. The van der Waals surface area contributed by atoms with Crippen LogP contribution in [-0.4, -0.2) is 16.1 Å². The van der Waals surface area contributed by atoms with Crippen molar-refractivity contribution in [3.05, 3.63) is 11.0 Å². The zero-order valence-corrected chi connectivity index (χ0v) is 10.2. The monoisotopic (exact) mass is 229 g/mol. The van der Waals surface area contributed by atoms with E-state index < -0.39 is 0 Å².